The van der Waals surface area contributed by atoms with Crippen LogP contribution in [0.3, 0.4) is 0 Å². The third-order valence-electron chi connectivity index (χ3n) is 6.02. The van der Waals surface area contributed by atoms with E-state index in [1.54, 1.807) is 0 Å². The van der Waals surface area contributed by atoms with Crippen LogP contribution in [0.5, 0.6) is 0 Å². The van der Waals surface area contributed by atoms with Crippen molar-refractivity contribution in [3.8, 4) is 0 Å². The summed E-state index contributed by atoms with van der Waals surface area (Å²) in [5.41, 5.74) is 4.55. The fourth-order valence-corrected chi connectivity index (χ4v) is 4.61. The van der Waals surface area contributed by atoms with Crippen molar-refractivity contribution in [2.45, 2.75) is 102 Å². The number of carbonyl (C=O) groups is 4. The molecule has 0 aromatic carbocycles. The fraction of sp³-hybridized carbons (Fsp3) is 0.833. The SMILES string of the molecule is CCCCC(CC)COC(=O)CC(C(=O)OCC(CC)CCCC)S(=O)(=O)O.NC(=O)CC(C(=O)O)S(=O)(=O)O.[NaH]. The first-order chi connectivity index (χ1) is 18.4. The number of rotatable bonds is 20. The summed E-state index contributed by atoms with van der Waals surface area (Å²) in [5.74, 6) is -4.53. The number of amides is 1. The van der Waals surface area contributed by atoms with Gasteiger partial charge in [-0.15, -0.1) is 0 Å². The molecule has 0 aliphatic rings. The number of carboxylic acids is 1. The number of unbranched alkanes of at least 4 members (excludes halogenated alkanes) is 2. The van der Waals surface area contributed by atoms with E-state index in [1.165, 1.54) is 0 Å². The average molecular weight is 644 g/mol. The molecule has 41 heavy (non-hydrogen) atoms. The third kappa shape index (κ3) is 22.0. The number of primary amides is 1. The van der Waals surface area contributed by atoms with Crippen molar-refractivity contribution in [3.05, 3.63) is 0 Å². The molecule has 238 valence electrons. The Morgan fingerprint density at radius 2 is 1.15 bits per heavy atom. The summed E-state index contributed by atoms with van der Waals surface area (Å²) in [6.07, 6.45) is 5.80. The van der Waals surface area contributed by atoms with Crippen molar-refractivity contribution in [2.75, 3.05) is 13.2 Å². The molecule has 0 rings (SSSR count). The molecule has 0 bridgehead atoms. The van der Waals surface area contributed by atoms with Gasteiger partial charge < -0.3 is 20.3 Å². The molecule has 5 N–H and O–H groups in total. The maximum absolute atomic E-state index is 12.2. The van der Waals surface area contributed by atoms with Gasteiger partial charge in [-0.3, -0.25) is 28.3 Å². The maximum atomic E-state index is 12.2. The van der Waals surface area contributed by atoms with E-state index in [1.807, 2.05) is 13.8 Å². The van der Waals surface area contributed by atoms with Gasteiger partial charge in [0.15, 0.2) is 10.5 Å². The van der Waals surface area contributed by atoms with Crippen LogP contribution in [0.15, 0.2) is 0 Å². The Hall–Kier alpha value is -1.30. The van der Waals surface area contributed by atoms with Crippen LogP contribution >= 0.6 is 0 Å². The minimum atomic E-state index is -4.76. The molecule has 0 aliphatic carbocycles. The number of hydrogen-bond donors (Lipinski definition) is 4. The number of ether oxygens (including phenoxy) is 2. The zero-order valence-corrected chi connectivity index (χ0v) is 25.2. The number of carbonyl (C=O) groups excluding carboxylic acids is 3. The summed E-state index contributed by atoms with van der Waals surface area (Å²) >= 11 is 0. The second-order valence-electron chi connectivity index (χ2n) is 9.37. The van der Waals surface area contributed by atoms with Crippen LogP contribution in [0.25, 0.3) is 0 Å². The first-order valence-electron chi connectivity index (χ1n) is 13.2. The van der Waals surface area contributed by atoms with E-state index in [-0.39, 0.29) is 54.6 Å². The predicted octanol–water partition coefficient (Wildman–Crippen LogP) is 1.71. The molecule has 17 heteroatoms. The molecular weight excluding hydrogens is 597 g/mol. The van der Waals surface area contributed by atoms with Crippen molar-refractivity contribution in [3.63, 3.8) is 0 Å². The van der Waals surface area contributed by atoms with E-state index in [9.17, 15) is 40.6 Å². The molecule has 0 fully saturated rings. The van der Waals surface area contributed by atoms with Crippen molar-refractivity contribution < 1.29 is 59.7 Å². The topological polar surface area (TPSA) is 242 Å². The van der Waals surface area contributed by atoms with Crippen LogP contribution in [0.2, 0.25) is 0 Å². The van der Waals surface area contributed by atoms with Crippen molar-refractivity contribution >= 4 is 73.6 Å². The quantitative estimate of drug-likeness (QED) is 0.0840. The Kier molecular flexibility index (Phi) is 25.0. The molecular formula is C24H46NNaO13S2. The Morgan fingerprint density at radius 1 is 0.732 bits per heavy atom. The summed E-state index contributed by atoms with van der Waals surface area (Å²) in [6.45, 7) is 8.35. The summed E-state index contributed by atoms with van der Waals surface area (Å²) in [6, 6.07) is 0. The summed E-state index contributed by atoms with van der Waals surface area (Å²) < 4.78 is 71.6. The Morgan fingerprint density at radius 3 is 1.44 bits per heavy atom. The molecule has 0 radical (unpaired) electrons. The molecule has 0 spiro atoms. The second kappa shape index (κ2) is 23.2. The molecule has 4 unspecified atom stereocenters. The van der Waals surface area contributed by atoms with E-state index in [0.717, 1.165) is 51.4 Å². The van der Waals surface area contributed by atoms with Gasteiger partial charge >= 0.3 is 47.5 Å². The van der Waals surface area contributed by atoms with Crippen LogP contribution in [0, 0.1) is 11.8 Å². The van der Waals surface area contributed by atoms with Gasteiger partial charge in [0, 0.05) is 0 Å². The number of hydrogen-bond acceptors (Lipinski definition) is 10. The molecule has 14 nitrogen and oxygen atoms in total. The summed E-state index contributed by atoms with van der Waals surface area (Å²) in [7, 11) is -9.52. The molecule has 0 saturated carbocycles. The summed E-state index contributed by atoms with van der Waals surface area (Å²) in [5, 5.41) is 4.09. The zero-order valence-electron chi connectivity index (χ0n) is 23.6. The van der Waals surface area contributed by atoms with E-state index in [0.29, 0.717) is 0 Å². The second-order valence-corrected chi connectivity index (χ2v) is 12.6. The van der Waals surface area contributed by atoms with Gasteiger partial charge in [-0.2, -0.15) is 16.8 Å². The van der Waals surface area contributed by atoms with E-state index in [2.05, 4.69) is 19.6 Å². The van der Waals surface area contributed by atoms with Crippen LogP contribution in [0.4, 0.5) is 0 Å². The van der Waals surface area contributed by atoms with Crippen LogP contribution < -0.4 is 5.73 Å². The monoisotopic (exact) mass is 643 g/mol. The Balaban J connectivity index is -0.000000933. The average Bonchev–Trinajstić information content (AvgIpc) is 2.84. The molecule has 0 aliphatic heterocycles. The van der Waals surface area contributed by atoms with Gasteiger partial charge in [0.1, 0.15) is 0 Å². The van der Waals surface area contributed by atoms with Gasteiger partial charge in [0.05, 0.1) is 26.1 Å². The van der Waals surface area contributed by atoms with Crippen molar-refractivity contribution in [2.24, 2.45) is 17.6 Å². The van der Waals surface area contributed by atoms with Gasteiger partial charge in [-0.05, 0) is 24.7 Å². The number of aliphatic carboxylic acids is 1. The number of esters is 2. The van der Waals surface area contributed by atoms with Gasteiger partial charge in [0.2, 0.25) is 5.91 Å². The zero-order chi connectivity index (χ0) is 31.5. The predicted molar refractivity (Wildman–Crippen MR) is 152 cm³/mol. The Labute approximate surface area is 265 Å². The normalized spacial score (nSPS) is 14.2. The fourth-order valence-electron chi connectivity index (χ4n) is 3.32. The molecule has 1 amide bonds. The first kappa shape index (κ1) is 44.1. The van der Waals surface area contributed by atoms with Crippen LogP contribution in [-0.2, 0) is 48.9 Å². The third-order valence-corrected chi connectivity index (χ3v) is 8.19. The van der Waals surface area contributed by atoms with E-state index in [4.69, 9.17) is 19.1 Å². The van der Waals surface area contributed by atoms with Gasteiger partial charge in [-0.25, -0.2) is 0 Å². The molecule has 0 aromatic rings. The molecule has 4 atom stereocenters. The summed E-state index contributed by atoms with van der Waals surface area (Å²) in [4.78, 5) is 44.5. The standard InChI is InChI=1S/C20H38O7S.C4H7NO6S.Na.H/c1-5-9-11-16(7-3)14-26-19(21)13-18(28(23,24)25)20(22)27-15-17(8-4)12-10-6-2;5-3(6)1-2(4(7)8)12(9,10)11;;/h16-18H,5-15H2,1-4H3,(H,23,24,25);2H,1H2,(H2,5,6)(H,7,8)(H,9,10,11);;. The van der Waals surface area contributed by atoms with Crippen molar-refractivity contribution in [1.29, 1.82) is 0 Å². The minimum absolute atomic E-state index is 0. The first-order valence-corrected chi connectivity index (χ1v) is 16.2. The van der Waals surface area contributed by atoms with Gasteiger partial charge in [0.25, 0.3) is 20.2 Å². The van der Waals surface area contributed by atoms with E-state index >= 15 is 0 Å². The molecule has 0 saturated heterocycles. The van der Waals surface area contributed by atoms with Crippen molar-refractivity contribution in [1.82, 2.24) is 0 Å². The molecule has 0 aromatic heterocycles. The van der Waals surface area contributed by atoms with Crippen LogP contribution in [-0.4, -0.2) is 108 Å². The molecule has 0 heterocycles. The van der Waals surface area contributed by atoms with E-state index < -0.39 is 67.4 Å². The van der Waals surface area contributed by atoms with Gasteiger partial charge in [-0.1, -0.05) is 66.2 Å². The number of nitrogens with two attached hydrogens (primary N) is 1. The Bertz CT molecular complexity index is 1000. The number of carboxylic acid groups (broad SMARTS) is 1. The van der Waals surface area contributed by atoms with Crippen LogP contribution in [0.1, 0.15) is 91.9 Å².